The third-order valence-corrected chi connectivity index (χ3v) is 4.42. The van der Waals surface area contributed by atoms with Crippen LogP contribution in [-0.2, 0) is 4.79 Å². The molecule has 0 radical (unpaired) electrons. The maximum Gasteiger partial charge on any atom is 0.238 e. The quantitative estimate of drug-likeness (QED) is 0.897. The normalized spacial score (nSPS) is 19.3. The number of nitrogens with zero attached hydrogens (tertiary/aromatic N) is 1. The van der Waals surface area contributed by atoms with E-state index in [9.17, 15) is 4.79 Å². The van der Waals surface area contributed by atoms with Crippen LogP contribution in [0.2, 0.25) is 10.0 Å². The number of halogens is 2. The molecule has 0 spiro atoms. The molecular weight excluding hydrogens is 297 g/mol. The van der Waals surface area contributed by atoms with Crippen LogP contribution >= 0.6 is 23.2 Å². The van der Waals surface area contributed by atoms with Gasteiger partial charge in [0.15, 0.2) is 0 Å². The molecule has 0 aromatic heterocycles. The van der Waals surface area contributed by atoms with Crippen molar-refractivity contribution in [3.8, 4) is 0 Å². The highest BCUT2D eigenvalue weighted by Crippen LogP contribution is 2.32. The number of likely N-dealkylation sites (tertiary alicyclic amines) is 1. The fourth-order valence-electron chi connectivity index (χ4n) is 2.40. The largest absolute Gasteiger partial charge is 0.330 e. The van der Waals surface area contributed by atoms with Crippen molar-refractivity contribution in [3.63, 3.8) is 0 Å². The molecule has 0 saturated carbocycles. The molecule has 1 aromatic carbocycles. The molecule has 1 aliphatic heterocycles. The molecule has 110 valence electrons. The van der Waals surface area contributed by atoms with Crippen LogP contribution in [0.1, 0.15) is 12.0 Å². The Kier molecular flexibility index (Phi) is 5.27. The second-order valence-corrected chi connectivity index (χ2v) is 6.01. The van der Waals surface area contributed by atoms with Gasteiger partial charge in [0.2, 0.25) is 5.91 Å². The Morgan fingerprint density at radius 3 is 2.90 bits per heavy atom. The predicted octanol–water partition coefficient (Wildman–Crippen LogP) is 2.52. The topological polar surface area (TPSA) is 58.4 Å². The van der Waals surface area contributed by atoms with Crippen LogP contribution < -0.4 is 11.1 Å². The summed E-state index contributed by atoms with van der Waals surface area (Å²) in [5.74, 6) is 0.394. The van der Waals surface area contributed by atoms with Crippen molar-refractivity contribution in [1.82, 2.24) is 4.90 Å². The van der Waals surface area contributed by atoms with Gasteiger partial charge >= 0.3 is 0 Å². The summed E-state index contributed by atoms with van der Waals surface area (Å²) in [6.07, 6.45) is 1.05. The molecule has 4 nitrogen and oxygen atoms in total. The van der Waals surface area contributed by atoms with Gasteiger partial charge in [-0.3, -0.25) is 9.69 Å². The SMILES string of the molecule is Cc1ccc(Cl)c(NC(=O)CN2CCC(CN)C2)c1Cl. The summed E-state index contributed by atoms with van der Waals surface area (Å²) in [6, 6.07) is 3.56. The molecule has 1 aliphatic rings. The highest BCUT2D eigenvalue weighted by atomic mass is 35.5. The van der Waals surface area contributed by atoms with E-state index < -0.39 is 0 Å². The van der Waals surface area contributed by atoms with Gasteiger partial charge in [-0.15, -0.1) is 0 Å². The fraction of sp³-hybridized carbons (Fsp3) is 0.500. The lowest BCUT2D eigenvalue weighted by Gasteiger charge is -2.16. The zero-order valence-corrected chi connectivity index (χ0v) is 13.0. The number of hydrogen-bond acceptors (Lipinski definition) is 3. The maximum atomic E-state index is 12.1. The smallest absolute Gasteiger partial charge is 0.238 e. The van der Waals surface area contributed by atoms with E-state index in [1.807, 2.05) is 13.0 Å². The van der Waals surface area contributed by atoms with Gasteiger partial charge in [-0.2, -0.15) is 0 Å². The summed E-state index contributed by atoms with van der Waals surface area (Å²) in [5, 5.41) is 3.75. The highest BCUT2D eigenvalue weighted by molar-refractivity contribution is 6.40. The molecule has 20 heavy (non-hydrogen) atoms. The van der Waals surface area contributed by atoms with Gasteiger partial charge in [0.05, 0.1) is 22.3 Å². The van der Waals surface area contributed by atoms with E-state index in [1.54, 1.807) is 6.07 Å². The molecule has 0 bridgehead atoms. The number of hydrogen-bond donors (Lipinski definition) is 2. The first-order valence-electron chi connectivity index (χ1n) is 6.68. The Hall–Kier alpha value is -0.810. The zero-order chi connectivity index (χ0) is 14.7. The molecule has 3 N–H and O–H groups in total. The number of nitrogens with one attached hydrogen (secondary N) is 1. The standard InChI is InChI=1S/C14H19Cl2N3O/c1-9-2-3-11(15)14(13(9)16)18-12(20)8-19-5-4-10(6-17)7-19/h2-3,10H,4-8,17H2,1H3,(H,18,20). The van der Waals surface area contributed by atoms with E-state index in [-0.39, 0.29) is 5.91 Å². The van der Waals surface area contributed by atoms with Crippen LogP contribution in [0.25, 0.3) is 0 Å². The van der Waals surface area contributed by atoms with Crippen molar-refractivity contribution >= 4 is 34.8 Å². The minimum atomic E-state index is -0.0999. The fourth-order valence-corrected chi connectivity index (χ4v) is 2.87. The van der Waals surface area contributed by atoms with Crippen molar-refractivity contribution in [2.75, 3.05) is 31.5 Å². The molecule has 1 amide bonds. The first kappa shape index (κ1) is 15.6. The van der Waals surface area contributed by atoms with E-state index in [4.69, 9.17) is 28.9 Å². The molecule has 2 rings (SSSR count). The number of aryl methyl sites for hydroxylation is 1. The number of anilines is 1. The summed E-state index contributed by atoms with van der Waals surface area (Å²) in [7, 11) is 0. The average Bonchev–Trinajstić information content (AvgIpc) is 2.87. The summed E-state index contributed by atoms with van der Waals surface area (Å²) in [6.45, 7) is 4.68. The van der Waals surface area contributed by atoms with Crippen molar-refractivity contribution in [3.05, 3.63) is 27.7 Å². The van der Waals surface area contributed by atoms with Crippen LogP contribution in [0.15, 0.2) is 12.1 Å². The second kappa shape index (κ2) is 6.76. The molecule has 6 heteroatoms. The number of carbonyl (C=O) groups is 1. The molecular formula is C14H19Cl2N3O. The minimum absolute atomic E-state index is 0.0999. The Morgan fingerprint density at radius 1 is 1.50 bits per heavy atom. The Balaban J connectivity index is 1.97. The zero-order valence-electron chi connectivity index (χ0n) is 11.5. The van der Waals surface area contributed by atoms with Gasteiger partial charge in [0.25, 0.3) is 0 Å². The lowest BCUT2D eigenvalue weighted by molar-refractivity contribution is -0.117. The van der Waals surface area contributed by atoms with Crippen molar-refractivity contribution in [2.45, 2.75) is 13.3 Å². The predicted molar refractivity (Wildman–Crippen MR) is 83.4 cm³/mol. The van der Waals surface area contributed by atoms with Crippen LogP contribution in [0.3, 0.4) is 0 Å². The number of rotatable bonds is 4. The second-order valence-electron chi connectivity index (χ2n) is 5.23. The van der Waals surface area contributed by atoms with Crippen LogP contribution in [0.4, 0.5) is 5.69 Å². The molecule has 0 aliphatic carbocycles. The number of nitrogens with two attached hydrogens (primary N) is 1. The first-order valence-corrected chi connectivity index (χ1v) is 7.43. The maximum absolute atomic E-state index is 12.1. The molecule has 1 heterocycles. The average molecular weight is 316 g/mol. The lowest BCUT2D eigenvalue weighted by atomic mass is 10.1. The third-order valence-electron chi connectivity index (χ3n) is 3.62. The van der Waals surface area contributed by atoms with Gasteiger partial charge in [-0.25, -0.2) is 0 Å². The van der Waals surface area contributed by atoms with E-state index in [1.165, 1.54) is 0 Å². The highest BCUT2D eigenvalue weighted by Gasteiger charge is 2.23. The third kappa shape index (κ3) is 3.64. The Labute approximate surface area is 129 Å². The van der Waals surface area contributed by atoms with Gasteiger partial charge < -0.3 is 11.1 Å². The molecule has 1 aromatic rings. The molecule has 1 unspecified atom stereocenters. The molecule has 1 saturated heterocycles. The Morgan fingerprint density at radius 2 is 2.25 bits per heavy atom. The van der Waals surface area contributed by atoms with Crippen LogP contribution in [0.5, 0.6) is 0 Å². The number of carbonyl (C=O) groups excluding carboxylic acids is 1. The summed E-state index contributed by atoms with van der Waals surface area (Å²) >= 11 is 12.3. The Bertz CT molecular complexity index is 507. The summed E-state index contributed by atoms with van der Waals surface area (Å²) in [4.78, 5) is 14.2. The molecule has 1 atom stereocenters. The van der Waals surface area contributed by atoms with Gasteiger partial charge in [0, 0.05) is 6.54 Å². The van der Waals surface area contributed by atoms with Gasteiger partial charge in [0.1, 0.15) is 0 Å². The van der Waals surface area contributed by atoms with Crippen molar-refractivity contribution in [2.24, 2.45) is 11.7 Å². The van der Waals surface area contributed by atoms with E-state index in [2.05, 4.69) is 10.2 Å². The minimum Gasteiger partial charge on any atom is -0.330 e. The van der Waals surface area contributed by atoms with Gasteiger partial charge in [-0.1, -0.05) is 29.3 Å². The summed E-state index contributed by atoms with van der Waals surface area (Å²) < 4.78 is 0. The summed E-state index contributed by atoms with van der Waals surface area (Å²) in [5.41, 5.74) is 7.02. The monoisotopic (exact) mass is 315 g/mol. The van der Waals surface area contributed by atoms with Crippen molar-refractivity contribution in [1.29, 1.82) is 0 Å². The number of amides is 1. The van der Waals surface area contributed by atoms with Crippen molar-refractivity contribution < 1.29 is 4.79 Å². The van der Waals surface area contributed by atoms with Gasteiger partial charge in [-0.05, 0) is 44.0 Å². The van der Waals surface area contributed by atoms with Crippen LogP contribution in [0, 0.1) is 12.8 Å². The molecule has 1 fully saturated rings. The van der Waals surface area contributed by atoms with E-state index >= 15 is 0 Å². The number of benzene rings is 1. The lowest BCUT2D eigenvalue weighted by Crippen LogP contribution is -2.32. The van der Waals surface area contributed by atoms with E-state index in [0.717, 1.165) is 25.1 Å². The van der Waals surface area contributed by atoms with Crippen LogP contribution in [-0.4, -0.2) is 37.0 Å². The van der Waals surface area contributed by atoms with E-state index in [0.29, 0.717) is 34.7 Å². The first-order chi connectivity index (χ1) is 9.51.